The number of nitrogens with one attached hydrogen (secondary N) is 1. The van der Waals surface area contributed by atoms with Crippen LogP contribution < -0.4 is 5.32 Å². The predicted molar refractivity (Wildman–Crippen MR) is 95.2 cm³/mol. The maximum absolute atomic E-state index is 12.0. The predicted octanol–water partition coefficient (Wildman–Crippen LogP) is 3.63. The molecule has 0 spiro atoms. The second kappa shape index (κ2) is 7.89. The molecule has 0 aliphatic heterocycles. The highest BCUT2D eigenvalue weighted by atomic mass is 32.1. The van der Waals surface area contributed by atoms with Gasteiger partial charge in [0.15, 0.2) is 6.61 Å². The van der Waals surface area contributed by atoms with Gasteiger partial charge in [0.2, 0.25) is 0 Å². The average molecular weight is 362 g/mol. The van der Waals surface area contributed by atoms with Crippen LogP contribution in [0, 0.1) is 24.0 Å². The fourth-order valence-corrected chi connectivity index (χ4v) is 3.27. The molecular weight excluding hydrogens is 344 g/mol. The van der Waals surface area contributed by atoms with E-state index in [0.29, 0.717) is 16.1 Å². The van der Waals surface area contributed by atoms with E-state index in [2.05, 4.69) is 5.32 Å². The number of benzene rings is 1. The zero-order chi connectivity index (χ0) is 18.6. The molecule has 0 aliphatic carbocycles. The van der Waals surface area contributed by atoms with Crippen molar-refractivity contribution in [3.05, 3.63) is 55.3 Å². The number of non-ortho nitro benzene ring substituents is 1. The number of hydrogen-bond donors (Lipinski definition) is 1. The third-order valence-electron chi connectivity index (χ3n) is 3.57. The Bertz CT molecular complexity index is 828. The van der Waals surface area contributed by atoms with Gasteiger partial charge < -0.3 is 10.1 Å². The number of esters is 1. The van der Waals surface area contributed by atoms with Crippen molar-refractivity contribution < 1.29 is 19.2 Å². The number of aryl methyl sites for hydroxylation is 3. The first-order chi connectivity index (χ1) is 11.8. The first-order valence-corrected chi connectivity index (χ1v) is 8.44. The molecule has 0 fully saturated rings. The normalized spacial score (nSPS) is 10.4. The number of rotatable bonds is 6. The highest BCUT2D eigenvalue weighted by molar-refractivity contribution is 7.14. The van der Waals surface area contributed by atoms with Gasteiger partial charge in [-0.25, -0.2) is 4.79 Å². The minimum absolute atomic E-state index is 0.0540. The van der Waals surface area contributed by atoms with Crippen molar-refractivity contribution in [3.63, 3.8) is 0 Å². The van der Waals surface area contributed by atoms with Crippen molar-refractivity contribution in [2.75, 3.05) is 11.9 Å². The van der Waals surface area contributed by atoms with E-state index in [0.717, 1.165) is 16.9 Å². The zero-order valence-electron chi connectivity index (χ0n) is 14.1. The van der Waals surface area contributed by atoms with Crippen LogP contribution in [-0.4, -0.2) is 23.4 Å². The Morgan fingerprint density at radius 1 is 1.24 bits per heavy atom. The van der Waals surface area contributed by atoms with Gasteiger partial charge in [-0.05, 0) is 43.5 Å². The first-order valence-electron chi connectivity index (χ1n) is 7.63. The molecule has 1 N–H and O–H groups in total. The summed E-state index contributed by atoms with van der Waals surface area (Å²) in [6.45, 7) is 5.16. The van der Waals surface area contributed by atoms with Gasteiger partial charge in [-0.15, -0.1) is 11.3 Å². The standard InChI is InChI=1S/C17H18N2O5S/c1-4-14-11(3)8-15(25-14)17(21)24-9-16(20)18-13-6-5-12(19(22)23)7-10(13)2/h5-8H,4,9H2,1-3H3,(H,18,20). The van der Waals surface area contributed by atoms with Crippen LogP contribution in [0.15, 0.2) is 24.3 Å². The van der Waals surface area contributed by atoms with Crippen LogP contribution in [0.3, 0.4) is 0 Å². The molecule has 8 heteroatoms. The molecule has 0 aliphatic rings. The lowest BCUT2D eigenvalue weighted by atomic mass is 10.2. The molecule has 0 bridgehead atoms. The summed E-state index contributed by atoms with van der Waals surface area (Å²) in [6.07, 6.45) is 0.837. The van der Waals surface area contributed by atoms with Crippen LogP contribution in [0.5, 0.6) is 0 Å². The molecular formula is C17H18N2O5S. The lowest BCUT2D eigenvalue weighted by molar-refractivity contribution is -0.384. The van der Waals surface area contributed by atoms with E-state index < -0.39 is 23.4 Å². The van der Waals surface area contributed by atoms with E-state index in [-0.39, 0.29) is 5.69 Å². The largest absolute Gasteiger partial charge is 0.451 e. The molecule has 7 nitrogen and oxygen atoms in total. The second-order valence-electron chi connectivity index (χ2n) is 5.45. The van der Waals surface area contributed by atoms with Crippen LogP contribution in [0.1, 0.15) is 32.6 Å². The number of carbonyl (C=O) groups is 2. The van der Waals surface area contributed by atoms with Crippen LogP contribution in [0.25, 0.3) is 0 Å². The Labute approximate surface area is 148 Å². The topological polar surface area (TPSA) is 98.5 Å². The molecule has 1 aromatic heterocycles. The minimum atomic E-state index is -0.539. The van der Waals surface area contributed by atoms with Crippen LogP contribution in [-0.2, 0) is 16.0 Å². The quantitative estimate of drug-likeness (QED) is 0.481. The number of nitro benzene ring substituents is 1. The number of anilines is 1. The number of thiophene rings is 1. The van der Waals surface area contributed by atoms with Gasteiger partial charge in [0.05, 0.1) is 4.92 Å². The fourth-order valence-electron chi connectivity index (χ4n) is 2.26. The van der Waals surface area contributed by atoms with Crippen molar-refractivity contribution in [1.82, 2.24) is 0 Å². The van der Waals surface area contributed by atoms with E-state index in [1.807, 2.05) is 13.8 Å². The van der Waals surface area contributed by atoms with Gasteiger partial charge in [-0.3, -0.25) is 14.9 Å². The number of carbonyl (C=O) groups excluding carboxylic acids is 2. The Kier molecular flexibility index (Phi) is 5.87. The molecule has 1 heterocycles. The van der Waals surface area contributed by atoms with E-state index >= 15 is 0 Å². The number of nitrogens with zero attached hydrogens (tertiary/aromatic N) is 1. The van der Waals surface area contributed by atoms with Crippen LogP contribution in [0.4, 0.5) is 11.4 Å². The fraction of sp³-hybridized carbons (Fsp3) is 0.294. The van der Waals surface area contributed by atoms with E-state index in [4.69, 9.17) is 4.74 Å². The summed E-state index contributed by atoms with van der Waals surface area (Å²) in [6, 6.07) is 5.87. The van der Waals surface area contributed by atoms with E-state index in [9.17, 15) is 19.7 Å². The molecule has 0 saturated heterocycles. The van der Waals surface area contributed by atoms with Gasteiger partial charge in [-0.1, -0.05) is 6.92 Å². The molecule has 0 atom stereocenters. The summed E-state index contributed by atoms with van der Waals surface area (Å²) in [5, 5.41) is 13.3. The molecule has 1 aromatic carbocycles. The number of amides is 1. The molecule has 0 radical (unpaired) electrons. The van der Waals surface area contributed by atoms with Gasteiger partial charge in [-0.2, -0.15) is 0 Å². The van der Waals surface area contributed by atoms with Crippen molar-refractivity contribution in [2.45, 2.75) is 27.2 Å². The SMILES string of the molecule is CCc1sc(C(=O)OCC(=O)Nc2ccc([N+](=O)[O-])cc2C)cc1C. The molecule has 1 amide bonds. The molecule has 0 unspecified atom stereocenters. The smallest absolute Gasteiger partial charge is 0.348 e. The monoisotopic (exact) mass is 362 g/mol. The van der Waals surface area contributed by atoms with Gasteiger partial charge >= 0.3 is 5.97 Å². The summed E-state index contributed by atoms with van der Waals surface area (Å²) in [5.41, 5.74) is 1.97. The van der Waals surface area contributed by atoms with Crippen molar-refractivity contribution in [1.29, 1.82) is 0 Å². The molecule has 0 saturated carbocycles. The average Bonchev–Trinajstić information content (AvgIpc) is 2.95. The van der Waals surface area contributed by atoms with Crippen LogP contribution >= 0.6 is 11.3 Å². The van der Waals surface area contributed by atoms with Gasteiger partial charge in [0.25, 0.3) is 11.6 Å². The van der Waals surface area contributed by atoms with Crippen molar-refractivity contribution in [3.8, 4) is 0 Å². The molecule has 25 heavy (non-hydrogen) atoms. The number of ether oxygens (including phenoxy) is 1. The van der Waals surface area contributed by atoms with Crippen molar-refractivity contribution in [2.24, 2.45) is 0 Å². The lowest BCUT2D eigenvalue weighted by Gasteiger charge is -2.08. The third-order valence-corrected chi connectivity index (χ3v) is 4.93. The summed E-state index contributed by atoms with van der Waals surface area (Å²) in [4.78, 5) is 35.7. The van der Waals surface area contributed by atoms with E-state index in [1.54, 1.807) is 13.0 Å². The van der Waals surface area contributed by atoms with E-state index in [1.165, 1.54) is 29.5 Å². The lowest BCUT2D eigenvalue weighted by Crippen LogP contribution is -2.21. The summed E-state index contributed by atoms with van der Waals surface area (Å²) < 4.78 is 5.03. The Hall–Kier alpha value is -2.74. The first kappa shape index (κ1) is 18.6. The Morgan fingerprint density at radius 3 is 2.52 bits per heavy atom. The molecule has 132 valence electrons. The zero-order valence-corrected chi connectivity index (χ0v) is 14.9. The van der Waals surface area contributed by atoms with Crippen LogP contribution in [0.2, 0.25) is 0 Å². The maximum atomic E-state index is 12.0. The number of nitro groups is 1. The molecule has 2 rings (SSSR count). The summed E-state index contributed by atoms with van der Waals surface area (Å²) >= 11 is 1.36. The Balaban J connectivity index is 1.94. The maximum Gasteiger partial charge on any atom is 0.348 e. The van der Waals surface area contributed by atoms with Crippen molar-refractivity contribution >= 4 is 34.6 Å². The molecule has 2 aromatic rings. The van der Waals surface area contributed by atoms with Gasteiger partial charge in [0, 0.05) is 22.7 Å². The minimum Gasteiger partial charge on any atom is -0.451 e. The van der Waals surface area contributed by atoms with Gasteiger partial charge in [0.1, 0.15) is 4.88 Å². The third kappa shape index (κ3) is 4.63. The Morgan fingerprint density at radius 2 is 1.96 bits per heavy atom. The summed E-state index contributed by atoms with van der Waals surface area (Å²) in [7, 11) is 0. The summed E-state index contributed by atoms with van der Waals surface area (Å²) in [5.74, 6) is -1.04. The number of hydrogen-bond acceptors (Lipinski definition) is 6. The highest BCUT2D eigenvalue weighted by Crippen LogP contribution is 2.23. The second-order valence-corrected chi connectivity index (χ2v) is 6.59. The highest BCUT2D eigenvalue weighted by Gasteiger charge is 2.15.